The number of hydrogen-bond donors (Lipinski definition) is 1. The van der Waals surface area contributed by atoms with Crippen LogP contribution in [0.3, 0.4) is 0 Å². The Morgan fingerprint density at radius 3 is 2.46 bits per heavy atom. The molecule has 2 aromatic heterocycles. The molecule has 3 rings (SSSR count). The van der Waals surface area contributed by atoms with Crippen molar-refractivity contribution in [2.24, 2.45) is 10.7 Å². The molecule has 0 spiro atoms. The third-order valence-corrected chi connectivity index (χ3v) is 5.15. The first-order valence-electron chi connectivity index (χ1n) is 7.14. The van der Waals surface area contributed by atoms with Crippen molar-refractivity contribution in [3.05, 3.63) is 38.8 Å². The number of hydrogen-bond acceptors (Lipinski definition) is 5. The predicted molar refractivity (Wildman–Crippen MR) is 111 cm³/mol. The number of halogens is 3. The number of guanidine groups is 1. The number of nitrogens with two attached hydrogens (primary N) is 1. The molecule has 0 unspecified atom stereocenters. The Hall–Kier alpha value is -0.840. The Morgan fingerprint density at radius 1 is 1.21 bits per heavy atom. The van der Waals surface area contributed by atoms with Gasteiger partial charge in [0.05, 0.1) is 15.2 Å². The Bertz CT molecular complexity index is 688. The first-order valence-corrected chi connectivity index (χ1v) is 8.71. The van der Waals surface area contributed by atoms with Crippen molar-refractivity contribution in [2.45, 2.75) is 6.54 Å². The van der Waals surface area contributed by atoms with Crippen molar-refractivity contribution < 1.29 is 0 Å². The van der Waals surface area contributed by atoms with Crippen LogP contribution >= 0.6 is 58.5 Å². The Morgan fingerprint density at radius 2 is 1.88 bits per heavy atom. The summed E-state index contributed by atoms with van der Waals surface area (Å²) in [5.41, 5.74) is 6.99. The number of thiophene rings is 1. The zero-order valence-corrected chi connectivity index (χ0v) is 17.4. The highest BCUT2D eigenvalue weighted by Gasteiger charge is 2.20. The molecular formula is C14H17Cl2IN6S. The zero-order valence-electron chi connectivity index (χ0n) is 12.7. The van der Waals surface area contributed by atoms with Gasteiger partial charge < -0.3 is 15.5 Å². The van der Waals surface area contributed by atoms with E-state index in [1.54, 1.807) is 12.4 Å². The topological polar surface area (TPSA) is 70.6 Å². The zero-order chi connectivity index (χ0) is 16.2. The van der Waals surface area contributed by atoms with Gasteiger partial charge in [-0.05, 0) is 12.1 Å². The van der Waals surface area contributed by atoms with Crippen molar-refractivity contribution in [1.82, 2.24) is 14.9 Å². The SMILES string of the molecule is I.NC(=NCc1cc(Cl)sc1Cl)N1CCN(c2ncccn2)CC1. The van der Waals surface area contributed by atoms with Crippen LogP contribution in [0.2, 0.25) is 8.67 Å². The molecule has 1 saturated heterocycles. The second kappa shape index (κ2) is 9.02. The molecule has 2 aromatic rings. The van der Waals surface area contributed by atoms with Gasteiger partial charge in [-0.25, -0.2) is 15.0 Å². The van der Waals surface area contributed by atoms with Crippen molar-refractivity contribution in [2.75, 3.05) is 31.1 Å². The van der Waals surface area contributed by atoms with E-state index >= 15 is 0 Å². The van der Waals surface area contributed by atoms with Crippen LogP contribution in [0.1, 0.15) is 5.56 Å². The number of rotatable bonds is 3. The predicted octanol–water partition coefficient (Wildman–Crippen LogP) is 3.10. The van der Waals surface area contributed by atoms with Crippen LogP contribution in [-0.4, -0.2) is 47.0 Å². The van der Waals surface area contributed by atoms with Crippen molar-refractivity contribution in [3.8, 4) is 0 Å². The highest BCUT2D eigenvalue weighted by atomic mass is 127. The van der Waals surface area contributed by atoms with Gasteiger partial charge >= 0.3 is 0 Å². The lowest BCUT2D eigenvalue weighted by Gasteiger charge is -2.35. The molecule has 130 valence electrons. The molecule has 1 fully saturated rings. The maximum absolute atomic E-state index is 6.09. The minimum atomic E-state index is 0. The summed E-state index contributed by atoms with van der Waals surface area (Å²) in [5, 5.41) is 0. The van der Waals surface area contributed by atoms with Crippen LogP contribution in [0.5, 0.6) is 0 Å². The summed E-state index contributed by atoms with van der Waals surface area (Å²) in [7, 11) is 0. The van der Waals surface area contributed by atoms with Crippen LogP contribution in [0.15, 0.2) is 29.5 Å². The van der Waals surface area contributed by atoms with Gasteiger partial charge in [0.1, 0.15) is 0 Å². The third-order valence-electron chi connectivity index (χ3n) is 3.58. The molecule has 0 aromatic carbocycles. The quantitative estimate of drug-likeness (QED) is 0.400. The van der Waals surface area contributed by atoms with E-state index in [-0.39, 0.29) is 24.0 Å². The van der Waals surface area contributed by atoms with Gasteiger partial charge in [0.25, 0.3) is 0 Å². The summed E-state index contributed by atoms with van der Waals surface area (Å²) in [5.74, 6) is 1.28. The molecule has 6 nitrogen and oxygen atoms in total. The largest absolute Gasteiger partial charge is 0.370 e. The first kappa shape index (κ1) is 19.5. The summed E-state index contributed by atoms with van der Waals surface area (Å²) in [6, 6.07) is 3.64. The Kier molecular flexibility index (Phi) is 7.33. The van der Waals surface area contributed by atoms with Gasteiger partial charge in [-0.1, -0.05) is 23.2 Å². The van der Waals surface area contributed by atoms with Crippen LogP contribution in [-0.2, 0) is 6.54 Å². The highest BCUT2D eigenvalue weighted by Crippen LogP contribution is 2.31. The second-order valence-electron chi connectivity index (χ2n) is 5.05. The molecule has 3 heterocycles. The van der Waals surface area contributed by atoms with E-state index in [0.29, 0.717) is 21.2 Å². The van der Waals surface area contributed by atoms with Crippen molar-refractivity contribution in [3.63, 3.8) is 0 Å². The maximum Gasteiger partial charge on any atom is 0.225 e. The summed E-state index contributed by atoms with van der Waals surface area (Å²) >= 11 is 13.4. The average Bonchev–Trinajstić information content (AvgIpc) is 2.91. The van der Waals surface area contributed by atoms with Crippen LogP contribution < -0.4 is 10.6 Å². The highest BCUT2D eigenvalue weighted by molar-refractivity contribution is 14.0. The standard InChI is InChI=1S/C14H16Cl2N6S.HI/c15-11-8-10(12(16)23-11)9-20-13(17)21-4-6-22(7-5-21)14-18-2-1-3-19-14;/h1-3,8H,4-7,9H2,(H2,17,20);1H. The first-order chi connectivity index (χ1) is 11.1. The average molecular weight is 499 g/mol. The molecule has 0 atom stereocenters. The summed E-state index contributed by atoms with van der Waals surface area (Å²) in [6.45, 7) is 3.63. The molecular weight excluding hydrogens is 482 g/mol. The number of anilines is 1. The number of aromatic nitrogens is 2. The van der Waals surface area contributed by atoms with Gasteiger partial charge in [0.15, 0.2) is 5.96 Å². The molecule has 0 amide bonds. The van der Waals surface area contributed by atoms with Gasteiger partial charge in [-0.15, -0.1) is 35.3 Å². The fourth-order valence-electron chi connectivity index (χ4n) is 2.34. The minimum absolute atomic E-state index is 0. The molecule has 24 heavy (non-hydrogen) atoms. The normalized spacial score (nSPS) is 15.3. The summed E-state index contributed by atoms with van der Waals surface area (Å²) < 4.78 is 1.33. The van der Waals surface area contributed by atoms with E-state index in [9.17, 15) is 0 Å². The van der Waals surface area contributed by atoms with Gasteiger partial charge in [-0.2, -0.15) is 0 Å². The monoisotopic (exact) mass is 498 g/mol. The van der Waals surface area contributed by atoms with E-state index in [0.717, 1.165) is 37.7 Å². The molecule has 0 bridgehead atoms. The lowest BCUT2D eigenvalue weighted by atomic mass is 10.3. The molecule has 2 N–H and O–H groups in total. The molecule has 0 aliphatic carbocycles. The van der Waals surface area contributed by atoms with Gasteiger partial charge in [0, 0.05) is 44.1 Å². The van der Waals surface area contributed by atoms with Crippen molar-refractivity contribution in [1.29, 1.82) is 0 Å². The van der Waals surface area contributed by atoms with E-state index in [2.05, 4.69) is 24.8 Å². The fourth-order valence-corrected chi connectivity index (χ4v) is 3.81. The lowest BCUT2D eigenvalue weighted by Crippen LogP contribution is -2.51. The smallest absolute Gasteiger partial charge is 0.225 e. The molecule has 1 aliphatic rings. The van der Waals surface area contributed by atoms with E-state index in [1.165, 1.54) is 11.3 Å². The van der Waals surface area contributed by atoms with Gasteiger partial charge in [0.2, 0.25) is 5.95 Å². The molecule has 0 radical (unpaired) electrons. The Balaban J connectivity index is 0.00000208. The second-order valence-corrected chi connectivity index (χ2v) is 7.33. The number of aliphatic imine (C=N–C) groups is 1. The Labute approximate surface area is 171 Å². The third kappa shape index (κ3) is 4.84. The molecule has 0 saturated carbocycles. The summed E-state index contributed by atoms with van der Waals surface area (Å²) in [4.78, 5) is 17.2. The molecule has 10 heteroatoms. The van der Waals surface area contributed by atoms with Crippen LogP contribution in [0.4, 0.5) is 5.95 Å². The van der Waals surface area contributed by atoms with E-state index < -0.39 is 0 Å². The summed E-state index contributed by atoms with van der Waals surface area (Å²) in [6.07, 6.45) is 3.50. The van der Waals surface area contributed by atoms with Crippen LogP contribution in [0.25, 0.3) is 0 Å². The van der Waals surface area contributed by atoms with Crippen LogP contribution in [0, 0.1) is 0 Å². The molecule has 1 aliphatic heterocycles. The lowest BCUT2D eigenvalue weighted by molar-refractivity contribution is 0.378. The maximum atomic E-state index is 6.09. The number of piperazine rings is 1. The van der Waals surface area contributed by atoms with Gasteiger partial charge in [-0.3, -0.25) is 0 Å². The van der Waals surface area contributed by atoms with E-state index in [4.69, 9.17) is 28.9 Å². The number of nitrogens with zero attached hydrogens (tertiary/aromatic N) is 5. The fraction of sp³-hybridized carbons (Fsp3) is 0.357. The van der Waals surface area contributed by atoms with Crippen molar-refractivity contribution >= 4 is 70.4 Å². The van der Waals surface area contributed by atoms with E-state index in [1.807, 2.05) is 12.1 Å². The minimum Gasteiger partial charge on any atom is -0.370 e.